The zero-order valence-electron chi connectivity index (χ0n) is 17.4. The Labute approximate surface area is 188 Å². The topological polar surface area (TPSA) is 85.8 Å². The molecule has 0 aliphatic carbocycles. The van der Waals surface area contributed by atoms with E-state index in [1.165, 1.54) is 26.2 Å². The highest BCUT2D eigenvalue weighted by atomic mass is 35.5. The van der Waals surface area contributed by atoms with Gasteiger partial charge in [0, 0.05) is 42.8 Å². The van der Waals surface area contributed by atoms with E-state index in [2.05, 4.69) is 9.98 Å². The maximum absolute atomic E-state index is 13.7. The second-order valence-corrected chi connectivity index (χ2v) is 7.97. The van der Waals surface area contributed by atoms with Gasteiger partial charge in [-0.3, -0.25) is 24.4 Å². The van der Waals surface area contributed by atoms with Crippen molar-refractivity contribution in [3.8, 4) is 0 Å². The molecule has 4 amide bonds. The highest BCUT2D eigenvalue weighted by Gasteiger charge is 2.45. The third-order valence-electron chi connectivity index (χ3n) is 5.54. The third-order valence-corrected chi connectivity index (χ3v) is 5.79. The van der Waals surface area contributed by atoms with E-state index in [9.17, 15) is 18.8 Å². The normalized spacial score (nSPS) is 15.9. The number of nitrogens with one attached hydrogen (secondary N) is 1. The Hall–Kier alpha value is -3.52. The fraction of sp³-hybridized carbons (Fsp3) is 0.217. The number of halogens is 2. The first kappa shape index (κ1) is 21.7. The molecule has 0 spiro atoms. The number of H-pyrrole nitrogens is 1. The fourth-order valence-corrected chi connectivity index (χ4v) is 3.89. The van der Waals surface area contributed by atoms with Gasteiger partial charge in [-0.25, -0.2) is 9.18 Å². The highest BCUT2D eigenvalue weighted by Crippen LogP contribution is 2.23. The summed E-state index contributed by atoms with van der Waals surface area (Å²) >= 11 is 6.00. The Morgan fingerprint density at radius 2 is 1.72 bits per heavy atom. The van der Waals surface area contributed by atoms with Crippen LogP contribution in [0.5, 0.6) is 0 Å². The number of imide groups is 2. The summed E-state index contributed by atoms with van der Waals surface area (Å²) in [6.07, 6.45) is 2.25. The quantitative estimate of drug-likeness (QED) is 0.471. The Morgan fingerprint density at radius 1 is 1.06 bits per heavy atom. The van der Waals surface area contributed by atoms with Crippen LogP contribution in [0, 0.1) is 11.7 Å². The number of aliphatic imine (C=N–C) groups is 1. The molecule has 1 saturated heterocycles. The first-order chi connectivity index (χ1) is 15.3. The van der Waals surface area contributed by atoms with Crippen molar-refractivity contribution in [3.63, 3.8) is 0 Å². The van der Waals surface area contributed by atoms with Gasteiger partial charge in [-0.15, -0.1) is 0 Å². The zero-order valence-corrected chi connectivity index (χ0v) is 18.2. The van der Waals surface area contributed by atoms with Crippen LogP contribution in [-0.4, -0.2) is 59.0 Å². The van der Waals surface area contributed by atoms with Gasteiger partial charge in [0.2, 0.25) is 11.8 Å². The largest absolute Gasteiger partial charge is 0.361 e. The van der Waals surface area contributed by atoms with Crippen molar-refractivity contribution in [2.45, 2.75) is 6.42 Å². The molecule has 4 rings (SSSR count). The molecular weight excluding hydrogens is 435 g/mol. The van der Waals surface area contributed by atoms with Crippen LogP contribution in [0.2, 0.25) is 5.02 Å². The van der Waals surface area contributed by atoms with Crippen molar-refractivity contribution in [1.82, 2.24) is 14.8 Å². The van der Waals surface area contributed by atoms with Crippen LogP contribution in [0.1, 0.15) is 11.1 Å². The fourth-order valence-electron chi connectivity index (χ4n) is 3.76. The van der Waals surface area contributed by atoms with Crippen molar-refractivity contribution >= 4 is 46.1 Å². The maximum atomic E-state index is 13.7. The van der Waals surface area contributed by atoms with E-state index in [0.29, 0.717) is 17.0 Å². The minimum atomic E-state index is -1.25. The Kier molecular flexibility index (Phi) is 5.80. The van der Waals surface area contributed by atoms with Crippen LogP contribution in [0.3, 0.4) is 0 Å². The molecule has 1 aliphatic heterocycles. The molecule has 0 atom stereocenters. The van der Waals surface area contributed by atoms with E-state index in [-0.39, 0.29) is 18.1 Å². The molecule has 0 saturated carbocycles. The molecule has 32 heavy (non-hydrogen) atoms. The summed E-state index contributed by atoms with van der Waals surface area (Å²) in [4.78, 5) is 47.4. The molecule has 0 unspecified atom stereocenters. The third kappa shape index (κ3) is 3.89. The van der Waals surface area contributed by atoms with Gasteiger partial charge in [-0.1, -0.05) is 23.7 Å². The van der Waals surface area contributed by atoms with Gasteiger partial charge in [0.15, 0.2) is 5.92 Å². The lowest BCUT2D eigenvalue weighted by Gasteiger charge is -2.33. The predicted molar refractivity (Wildman–Crippen MR) is 119 cm³/mol. The SMILES string of the molecule is CN1C(=O)C(C(=NCCc2c[nH]c3ccc(F)cc23)c2ccc(Cl)cc2)C(=O)N(C)C1=O. The summed E-state index contributed by atoms with van der Waals surface area (Å²) in [6.45, 7) is 0.250. The lowest BCUT2D eigenvalue weighted by molar-refractivity contribution is -0.144. The summed E-state index contributed by atoms with van der Waals surface area (Å²) in [5.74, 6) is -2.86. The van der Waals surface area contributed by atoms with Gasteiger partial charge in [-0.2, -0.15) is 0 Å². The molecule has 2 aromatic carbocycles. The Bertz CT molecular complexity index is 1230. The van der Waals surface area contributed by atoms with Crippen LogP contribution < -0.4 is 0 Å². The average Bonchev–Trinajstić information content (AvgIpc) is 3.18. The summed E-state index contributed by atoms with van der Waals surface area (Å²) in [6, 6.07) is 10.5. The number of carbonyl (C=O) groups excluding carboxylic acids is 3. The molecule has 1 fully saturated rings. The molecule has 3 aromatic rings. The smallest absolute Gasteiger partial charge is 0.332 e. The molecule has 9 heteroatoms. The van der Waals surface area contributed by atoms with Crippen LogP contribution >= 0.6 is 11.6 Å². The van der Waals surface area contributed by atoms with Crippen LogP contribution in [0.4, 0.5) is 9.18 Å². The standard InChI is InChI=1S/C23H20ClFN4O3/c1-28-21(30)19(22(31)29(2)23(28)32)20(13-3-5-15(24)6-4-13)26-10-9-14-12-27-18-8-7-16(25)11-17(14)18/h3-8,11-12,19,27H,9-10H2,1-2H3. The summed E-state index contributed by atoms with van der Waals surface area (Å²) in [5.41, 5.74) is 2.49. The lowest BCUT2D eigenvalue weighted by atomic mass is 9.92. The second kappa shape index (κ2) is 8.55. The molecule has 164 valence electrons. The highest BCUT2D eigenvalue weighted by molar-refractivity contribution is 6.32. The van der Waals surface area contributed by atoms with Gasteiger partial charge in [0.05, 0.1) is 5.71 Å². The summed E-state index contributed by atoms with van der Waals surface area (Å²) < 4.78 is 13.7. The van der Waals surface area contributed by atoms with Crippen molar-refractivity contribution in [2.75, 3.05) is 20.6 Å². The Balaban J connectivity index is 1.69. The van der Waals surface area contributed by atoms with Gasteiger partial charge >= 0.3 is 6.03 Å². The second-order valence-electron chi connectivity index (χ2n) is 7.54. The minimum Gasteiger partial charge on any atom is -0.361 e. The summed E-state index contributed by atoms with van der Waals surface area (Å²) in [5, 5.41) is 1.25. The van der Waals surface area contributed by atoms with Gasteiger partial charge < -0.3 is 4.98 Å². The number of hydrogen-bond acceptors (Lipinski definition) is 4. The van der Waals surface area contributed by atoms with Crippen LogP contribution in [0.15, 0.2) is 53.7 Å². The number of nitrogens with zero attached hydrogens (tertiary/aromatic N) is 3. The minimum absolute atomic E-state index is 0.250. The predicted octanol–water partition coefficient (Wildman–Crippen LogP) is 3.66. The molecule has 1 N–H and O–H groups in total. The van der Waals surface area contributed by atoms with Crippen molar-refractivity contribution < 1.29 is 18.8 Å². The number of aromatic amines is 1. The number of amides is 4. The molecule has 1 aromatic heterocycles. The number of urea groups is 1. The Morgan fingerprint density at radius 3 is 2.38 bits per heavy atom. The first-order valence-corrected chi connectivity index (χ1v) is 10.3. The number of hydrogen-bond donors (Lipinski definition) is 1. The van der Waals surface area contributed by atoms with Gasteiger partial charge in [0.1, 0.15) is 5.82 Å². The van der Waals surface area contributed by atoms with Crippen LogP contribution in [0.25, 0.3) is 10.9 Å². The number of rotatable bonds is 5. The maximum Gasteiger partial charge on any atom is 0.332 e. The van der Waals surface area contributed by atoms with Crippen molar-refractivity contribution in [2.24, 2.45) is 10.9 Å². The van der Waals surface area contributed by atoms with Gasteiger partial charge in [0.25, 0.3) is 0 Å². The zero-order chi connectivity index (χ0) is 23.0. The van der Waals surface area contributed by atoms with E-state index in [4.69, 9.17) is 11.6 Å². The molecule has 7 nitrogen and oxygen atoms in total. The number of fused-ring (bicyclic) bond motifs is 1. The lowest BCUT2D eigenvalue weighted by Crippen LogP contribution is -2.59. The van der Waals surface area contributed by atoms with E-state index in [1.54, 1.807) is 36.5 Å². The molecule has 0 bridgehead atoms. The molecule has 1 aliphatic rings. The summed E-state index contributed by atoms with van der Waals surface area (Å²) in [7, 11) is 2.67. The number of carbonyl (C=O) groups is 3. The number of benzene rings is 2. The first-order valence-electron chi connectivity index (χ1n) is 9.93. The van der Waals surface area contributed by atoms with Crippen molar-refractivity contribution in [1.29, 1.82) is 0 Å². The number of aromatic nitrogens is 1. The van der Waals surface area contributed by atoms with E-state index in [1.807, 2.05) is 0 Å². The monoisotopic (exact) mass is 454 g/mol. The van der Waals surface area contributed by atoms with Crippen molar-refractivity contribution in [3.05, 3.63) is 70.6 Å². The van der Waals surface area contributed by atoms with E-state index in [0.717, 1.165) is 26.3 Å². The number of barbiturate groups is 1. The van der Waals surface area contributed by atoms with E-state index >= 15 is 0 Å². The average molecular weight is 455 g/mol. The molecule has 2 heterocycles. The van der Waals surface area contributed by atoms with E-state index < -0.39 is 23.8 Å². The van der Waals surface area contributed by atoms with Crippen LogP contribution in [-0.2, 0) is 16.0 Å². The molecular formula is C23H20ClFN4O3. The molecule has 0 radical (unpaired) electrons. The van der Waals surface area contributed by atoms with Gasteiger partial charge in [-0.05, 0) is 47.9 Å².